The molecule has 0 aliphatic carbocycles. The highest BCUT2D eigenvalue weighted by atomic mass is 35.5. The number of carbonyl (C=O) groups excluding carboxylic acids is 1. The van der Waals surface area contributed by atoms with E-state index in [1.165, 1.54) is 0 Å². The highest BCUT2D eigenvalue weighted by Gasteiger charge is 2.08. The lowest BCUT2D eigenvalue weighted by atomic mass is 10.1. The number of urea groups is 1. The van der Waals surface area contributed by atoms with Crippen molar-refractivity contribution in [2.45, 2.75) is 32.7 Å². The molecule has 0 unspecified atom stereocenters. The van der Waals surface area contributed by atoms with E-state index in [2.05, 4.69) is 10.6 Å². The molecular formula is C18H21ClN2O2. The number of halogens is 1. The van der Waals surface area contributed by atoms with Gasteiger partial charge in [-0.3, -0.25) is 0 Å². The smallest absolute Gasteiger partial charge is 0.319 e. The quantitative estimate of drug-likeness (QED) is 0.755. The van der Waals surface area contributed by atoms with E-state index in [0.29, 0.717) is 10.7 Å². The van der Waals surface area contributed by atoms with Crippen LogP contribution in [0, 0.1) is 6.92 Å². The zero-order chi connectivity index (χ0) is 16.8. The van der Waals surface area contributed by atoms with Gasteiger partial charge in [0.15, 0.2) is 0 Å². The number of phenolic OH excluding ortho intramolecular Hbond substituents is 1. The van der Waals surface area contributed by atoms with E-state index in [1.807, 2.05) is 38.1 Å². The minimum absolute atomic E-state index is 0.0322. The lowest BCUT2D eigenvalue weighted by Gasteiger charge is -2.15. The maximum atomic E-state index is 12.0. The summed E-state index contributed by atoms with van der Waals surface area (Å²) in [7, 11) is 0. The Morgan fingerprint density at radius 2 is 1.91 bits per heavy atom. The highest BCUT2D eigenvalue weighted by Crippen LogP contribution is 2.19. The summed E-state index contributed by atoms with van der Waals surface area (Å²) in [5, 5.41) is 15.6. The molecule has 0 aliphatic rings. The fourth-order valence-electron chi connectivity index (χ4n) is 2.18. The molecule has 2 aromatic carbocycles. The van der Waals surface area contributed by atoms with Crippen molar-refractivity contribution in [2.75, 3.05) is 5.32 Å². The van der Waals surface area contributed by atoms with Crippen molar-refractivity contribution >= 4 is 23.3 Å². The molecule has 0 fully saturated rings. The standard InChI is InChI=1S/C18H21ClN2O2/c1-12-3-8-15(11-17(12)19)21-18(23)20-13(2)4-5-14-6-9-16(22)10-7-14/h3,6-11,13,22H,4-5H2,1-2H3,(H2,20,21,23)/t13-/m0/s1. The topological polar surface area (TPSA) is 61.4 Å². The maximum absolute atomic E-state index is 12.0. The first-order valence-corrected chi connectivity index (χ1v) is 7.93. The zero-order valence-electron chi connectivity index (χ0n) is 13.3. The van der Waals surface area contributed by atoms with Gasteiger partial charge in [0.25, 0.3) is 0 Å². The Hall–Kier alpha value is -2.20. The van der Waals surface area contributed by atoms with Gasteiger partial charge in [-0.25, -0.2) is 4.79 Å². The van der Waals surface area contributed by atoms with Crippen molar-refractivity contribution in [1.29, 1.82) is 0 Å². The van der Waals surface area contributed by atoms with Crippen LogP contribution in [0.1, 0.15) is 24.5 Å². The second-order valence-corrected chi connectivity index (χ2v) is 6.08. The summed E-state index contributed by atoms with van der Waals surface area (Å²) in [5.41, 5.74) is 2.77. The summed E-state index contributed by atoms with van der Waals surface area (Å²) < 4.78 is 0. The highest BCUT2D eigenvalue weighted by molar-refractivity contribution is 6.31. The molecule has 3 N–H and O–H groups in total. The third-order valence-corrected chi connectivity index (χ3v) is 4.02. The maximum Gasteiger partial charge on any atom is 0.319 e. The van der Waals surface area contributed by atoms with Crippen molar-refractivity contribution in [1.82, 2.24) is 5.32 Å². The molecule has 1 atom stereocenters. The molecule has 0 saturated carbocycles. The van der Waals surface area contributed by atoms with Crippen molar-refractivity contribution in [3.05, 3.63) is 58.6 Å². The van der Waals surface area contributed by atoms with E-state index >= 15 is 0 Å². The third kappa shape index (κ3) is 5.49. The average molecular weight is 333 g/mol. The number of phenols is 1. The zero-order valence-corrected chi connectivity index (χ0v) is 14.0. The Morgan fingerprint density at radius 1 is 1.22 bits per heavy atom. The molecule has 23 heavy (non-hydrogen) atoms. The number of aryl methyl sites for hydroxylation is 2. The normalized spacial score (nSPS) is 11.8. The van der Waals surface area contributed by atoms with Crippen LogP contribution in [0.3, 0.4) is 0 Å². The molecule has 5 heteroatoms. The Labute approximate surface area is 141 Å². The second-order valence-electron chi connectivity index (χ2n) is 5.67. The van der Waals surface area contributed by atoms with Crippen LogP contribution in [0.15, 0.2) is 42.5 Å². The Balaban J connectivity index is 1.79. The van der Waals surface area contributed by atoms with Crippen molar-refractivity contribution in [3.63, 3.8) is 0 Å². The first-order chi connectivity index (χ1) is 10.9. The number of hydrogen-bond acceptors (Lipinski definition) is 2. The van der Waals surface area contributed by atoms with Gasteiger partial charge in [-0.05, 0) is 62.1 Å². The Kier molecular flexibility index (Phi) is 5.88. The summed E-state index contributed by atoms with van der Waals surface area (Å²) in [6.45, 7) is 3.87. The number of rotatable bonds is 5. The van der Waals surface area contributed by atoms with Gasteiger partial charge in [-0.15, -0.1) is 0 Å². The number of nitrogens with one attached hydrogen (secondary N) is 2. The fourth-order valence-corrected chi connectivity index (χ4v) is 2.36. The molecule has 0 aliphatic heterocycles. The monoisotopic (exact) mass is 332 g/mol. The number of hydrogen-bond donors (Lipinski definition) is 3. The predicted octanol–water partition coefficient (Wildman–Crippen LogP) is 4.50. The third-order valence-electron chi connectivity index (χ3n) is 3.61. The molecule has 2 rings (SSSR count). The van der Waals surface area contributed by atoms with Crippen LogP contribution in [-0.2, 0) is 6.42 Å². The van der Waals surface area contributed by atoms with E-state index in [4.69, 9.17) is 11.6 Å². The van der Waals surface area contributed by atoms with Crippen molar-refractivity contribution < 1.29 is 9.90 Å². The molecule has 4 nitrogen and oxygen atoms in total. The lowest BCUT2D eigenvalue weighted by molar-refractivity contribution is 0.248. The van der Waals surface area contributed by atoms with Crippen molar-refractivity contribution in [2.24, 2.45) is 0 Å². The lowest BCUT2D eigenvalue weighted by Crippen LogP contribution is -2.36. The summed E-state index contributed by atoms with van der Waals surface area (Å²) in [5.74, 6) is 0.260. The number of amides is 2. The summed E-state index contributed by atoms with van der Waals surface area (Å²) in [6.07, 6.45) is 1.64. The molecule has 2 amide bonds. The van der Waals surface area contributed by atoms with E-state index in [1.54, 1.807) is 18.2 Å². The summed E-state index contributed by atoms with van der Waals surface area (Å²) >= 11 is 6.04. The molecular weight excluding hydrogens is 312 g/mol. The van der Waals surface area contributed by atoms with E-state index in [0.717, 1.165) is 24.0 Å². The van der Waals surface area contributed by atoms with Crippen molar-refractivity contribution in [3.8, 4) is 5.75 Å². The second kappa shape index (κ2) is 7.88. The van der Waals surface area contributed by atoms with Gasteiger partial charge >= 0.3 is 6.03 Å². The Morgan fingerprint density at radius 3 is 2.57 bits per heavy atom. The Bertz CT molecular complexity index is 671. The largest absolute Gasteiger partial charge is 0.508 e. The number of carbonyl (C=O) groups is 1. The first-order valence-electron chi connectivity index (χ1n) is 7.55. The van der Waals surface area contributed by atoms with Gasteiger partial charge < -0.3 is 15.7 Å². The van der Waals surface area contributed by atoms with E-state index in [-0.39, 0.29) is 17.8 Å². The molecule has 0 radical (unpaired) electrons. The number of benzene rings is 2. The minimum atomic E-state index is -0.247. The van der Waals surface area contributed by atoms with Gasteiger partial charge in [0.2, 0.25) is 0 Å². The van der Waals surface area contributed by atoms with Gasteiger partial charge in [0.1, 0.15) is 5.75 Å². The number of anilines is 1. The number of aromatic hydroxyl groups is 1. The SMILES string of the molecule is Cc1ccc(NC(=O)N[C@@H](C)CCc2ccc(O)cc2)cc1Cl. The van der Waals surface area contributed by atoms with Crippen LogP contribution in [0.5, 0.6) is 5.75 Å². The molecule has 122 valence electrons. The minimum Gasteiger partial charge on any atom is -0.508 e. The first kappa shape index (κ1) is 17.2. The van der Waals surface area contributed by atoms with Crippen LogP contribution in [0.2, 0.25) is 5.02 Å². The molecule has 0 aromatic heterocycles. The van der Waals surface area contributed by atoms with Crippen LogP contribution < -0.4 is 10.6 Å². The van der Waals surface area contributed by atoms with E-state index < -0.39 is 0 Å². The molecule has 2 aromatic rings. The fraction of sp³-hybridized carbons (Fsp3) is 0.278. The molecule has 0 heterocycles. The van der Waals surface area contributed by atoms with Gasteiger partial charge in [-0.2, -0.15) is 0 Å². The van der Waals surface area contributed by atoms with Crippen LogP contribution in [0.25, 0.3) is 0 Å². The average Bonchev–Trinajstić information content (AvgIpc) is 2.50. The summed E-state index contributed by atoms with van der Waals surface area (Å²) in [4.78, 5) is 12.0. The van der Waals surface area contributed by atoms with Gasteiger partial charge in [-0.1, -0.05) is 29.8 Å². The molecule has 0 saturated heterocycles. The predicted molar refractivity (Wildman–Crippen MR) is 94.2 cm³/mol. The van der Waals surface area contributed by atoms with Crippen LogP contribution in [-0.4, -0.2) is 17.2 Å². The molecule has 0 spiro atoms. The molecule has 0 bridgehead atoms. The van der Waals surface area contributed by atoms with Crippen LogP contribution >= 0.6 is 11.6 Å². The van der Waals surface area contributed by atoms with Gasteiger partial charge in [0.05, 0.1) is 0 Å². The van der Waals surface area contributed by atoms with E-state index in [9.17, 15) is 9.90 Å². The summed E-state index contributed by atoms with van der Waals surface area (Å²) in [6, 6.07) is 12.3. The van der Waals surface area contributed by atoms with Gasteiger partial charge in [0, 0.05) is 16.8 Å². The van der Waals surface area contributed by atoms with Crippen LogP contribution in [0.4, 0.5) is 10.5 Å².